The van der Waals surface area contributed by atoms with Crippen LogP contribution >= 0.6 is 0 Å². The van der Waals surface area contributed by atoms with Gasteiger partial charge in [-0.1, -0.05) is 49.4 Å². The van der Waals surface area contributed by atoms with Gasteiger partial charge in [0.2, 0.25) is 0 Å². The van der Waals surface area contributed by atoms with E-state index < -0.39 is 0 Å². The second-order valence-electron chi connectivity index (χ2n) is 8.99. The summed E-state index contributed by atoms with van der Waals surface area (Å²) in [5.41, 5.74) is 4.70. The van der Waals surface area contributed by atoms with Gasteiger partial charge in [-0.25, -0.2) is 4.68 Å². The third-order valence-corrected chi connectivity index (χ3v) is 7.01. The Kier molecular flexibility index (Phi) is 6.08. The molecule has 166 valence electrons. The first-order valence-electron chi connectivity index (χ1n) is 12.0. The van der Waals surface area contributed by atoms with Crippen molar-refractivity contribution in [1.29, 1.82) is 0 Å². The average molecular weight is 429 g/mol. The summed E-state index contributed by atoms with van der Waals surface area (Å²) in [6, 6.07) is 19.1. The molecule has 0 N–H and O–H groups in total. The minimum atomic E-state index is 0.0987. The summed E-state index contributed by atoms with van der Waals surface area (Å²) in [5.74, 6) is 0.0987. The number of carbonyl (C=O) groups is 1. The van der Waals surface area contributed by atoms with Gasteiger partial charge in [0.25, 0.3) is 5.91 Å². The molecule has 0 bridgehead atoms. The summed E-state index contributed by atoms with van der Waals surface area (Å²) < 4.78 is 1.84. The Bertz CT molecular complexity index is 1040. The number of hydrogen-bond acceptors (Lipinski definition) is 3. The van der Waals surface area contributed by atoms with Gasteiger partial charge in [0.05, 0.1) is 11.3 Å². The predicted molar refractivity (Wildman–Crippen MR) is 128 cm³/mol. The summed E-state index contributed by atoms with van der Waals surface area (Å²) in [4.78, 5) is 18.3. The zero-order chi connectivity index (χ0) is 21.9. The fourth-order valence-corrected chi connectivity index (χ4v) is 5.07. The molecule has 2 aliphatic heterocycles. The van der Waals surface area contributed by atoms with E-state index in [9.17, 15) is 4.79 Å². The smallest absolute Gasteiger partial charge is 0.257 e. The fourth-order valence-electron chi connectivity index (χ4n) is 5.07. The number of rotatable bonds is 5. The maximum Gasteiger partial charge on any atom is 0.257 e. The molecule has 3 aromatic rings. The van der Waals surface area contributed by atoms with Crippen LogP contribution in [0.25, 0.3) is 16.9 Å². The molecule has 0 atom stereocenters. The van der Waals surface area contributed by atoms with Crippen LogP contribution in [0.2, 0.25) is 0 Å². The van der Waals surface area contributed by atoms with Crippen molar-refractivity contribution in [2.75, 3.05) is 26.2 Å². The molecule has 2 fully saturated rings. The van der Waals surface area contributed by atoms with Crippen molar-refractivity contribution in [2.45, 2.75) is 45.1 Å². The predicted octanol–water partition coefficient (Wildman–Crippen LogP) is 4.80. The zero-order valence-corrected chi connectivity index (χ0v) is 18.9. The van der Waals surface area contributed by atoms with E-state index in [1.807, 2.05) is 46.1 Å². The van der Waals surface area contributed by atoms with Crippen molar-refractivity contribution >= 4 is 5.91 Å². The van der Waals surface area contributed by atoms with Crippen LogP contribution in [0.1, 0.15) is 48.5 Å². The lowest BCUT2D eigenvalue weighted by atomic mass is 10.0. The quantitative estimate of drug-likeness (QED) is 0.586. The lowest BCUT2D eigenvalue weighted by molar-refractivity contribution is 0.0645. The average Bonchev–Trinajstić information content (AvgIpc) is 3.55. The second-order valence-corrected chi connectivity index (χ2v) is 8.99. The maximum atomic E-state index is 13.6. The molecule has 0 unspecified atom stereocenters. The highest BCUT2D eigenvalue weighted by Gasteiger charge is 2.30. The van der Waals surface area contributed by atoms with E-state index >= 15 is 0 Å². The van der Waals surface area contributed by atoms with Crippen molar-refractivity contribution in [2.24, 2.45) is 0 Å². The summed E-state index contributed by atoms with van der Waals surface area (Å²) in [7, 11) is 0. The highest BCUT2D eigenvalue weighted by Crippen LogP contribution is 2.28. The molecule has 5 heteroatoms. The van der Waals surface area contributed by atoms with Crippen LogP contribution in [0.3, 0.4) is 0 Å². The number of carbonyl (C=O) groups excluding carboxylic acids is 1. The number of likely N-dealkylation sites (tertiary alicyclic amines) is 2. The molecule has 32 heavy (non-hydrogen) atoms. The van der Waals surface area contributed by atoms with E-state index in [-0.39, 0.29) is 5.91 Å². The number of aromatic nitrogens is 2. The third kappa shape index (κ3) is 4.22. The van der Waals surface area contributed by atoms with E-state index in [0.717, 1.165) is 49.3 Å². The minimum Gasteiger partial charge on any atom is -0.338 e. The molecule has 5 nitrogen and oxygen atoms in total. The van der Waals surface area contributed by atoms with Crippen LogP contribution in [0.5, 0.6) is 0 Å². The molecule has 2 saturated heterocycles. The van der Waals surface area contributed by atoms with Crippen LogP contribution in [-0.4, -0.2) is 57.7 Å². The molecule has 1 aromatic heterocycles. The first kappa shape index (κ1) is 21.0. The van der Waals surface area contributed by atoms with Gasteiger partial charge < -0.3 is 9.80 Å². The van der Waals surface area contributed by atoms with Gasteiger partial charge in [0, 0.05) is 30.9 Å². The molecular formula is C27H32N4O. The van der Waals surface area contributed by atoms with Gasteiger partial charge >= 0.3 is 0 Å². The standard InChI is InChI=1S/C27H32N4O/c1-2-21-10-12-22(13-11-21)26-25(20-31(28-26)24-8-4-3-5-9-24)27(32)30-18-14-23(15-19-30)29-16-6-7-17-29/h3-5,8-13,20,23H,2,6-7,14-19H2,1H3. The molecule has 1 amide bonds. The van der Waals surface area contributed by atoms with Gasteiger partial charge in [-0.3, -0.25) is 4.79 Å². The Labute approximate surface area is 190 Å². The Morgan fingerprint density at radius 2 is 1.62 bits per heavy atom. The maximum absolute atomic E-state index is 13.6. The summed E-state index contributed by atoms with van der Waals surface area (Å²) in [6.07, 6.45) is 7.68. The van der Waals surface area contributed by atoms with Crippen molar-refractivity contribution in [3.8, 4) is 16.9 Å². The van der Waals surface area contributed by atoms with Gasteiger partial charge in [0.1, 0.15) is 5.69 Å². The number of benzene rings is 2. The number of hydrogen-bond donors (Lipinski definition) is 0. The van der Waals surface area contributed by atoms with Crippen molar-refractivity contribution < 1.29 is 4.79 Å². The number of amides is 1. The summed E-state index contributed by atoms with van der Waals surface area (Å²) >= 11 is 0. The minimum absolute atomic E-state index is 0.0987. The topological polar surface area (TPSA) is 41.4 Å². The number of nitrogens with zero attached hydrogens (tertiary/aromatic N) is 4. The van der Waals surface area contributed by atoms with E-state index in [4.69, 9.17) is 5.10 Å². The Balaban J connectivity index is 1.42. The summed E-state index contributed by atoms with van der Waals surface area (Å²) in [5, 5.41) is 4.86. The number of aryl methyl sites for hydroxylation is 1. The fraction of sp³-hybridized carbons (Fsp3) is 0.407. The zero-order valence-electron chi connectivity index (χ0n) is 18.9. The molecule has 0 radical (unpaired) electrons. The largest absolute Gasteiger partial charge is 0.338 e. The lowest BCUT2D eigenvalue weighted by Crippen LogP contribution is -2.45. The SMILES string of the molecule is CCc1ccc(-c2nn(-c3ccccc3)cc2C(=O)N2CCC(N3CCCC3)CC2)cc1. The lowest BCUT2D eigenvalue weighted by Gasteiger charge is -2.36. The highest BCUT2D eigenvalue weighted by molar-refractivity contribution is 6.00. The van der Waals surface area contributed by atoms with Crippen molar-refractivity contribution in [3.63, 3.8) is 0 Å². The molecule has 0 spiro atoms. The van der Waals surface area contributed by atoms with E-state index in [1.54, 1.807) is 0 Å². The summed E-state index contributed by atoms with van der Waals surface area (Å²) in [6.45, 7) is 6.25. The monoisotopic (exact) mass is 428 g/mol. The van der Waals surface area contributed by atoms with Gasteiger partial charge in [-0.15, -0.1) is 0 Å². The van der Waals surface area contributed by atoms with Gasteiger partial charge in [-0.2, -0.15) is 5.10 Å². The van der Waals surface area contributed by atoms with Crippen LogP contribution < -0.4 is 0 Å². The molecule has 5 rings (SSSR count). The van der Waals surface area contributed by atoms with Crippen LogP contribution in [-0.2, 0) is 6.42 Å². The van der Waals surface area contributed by atoms with Gasteiger partial charge in [-0.05, 0) is 62.9 Å². The molecule has 2 aromatic carbocycles. The molecule has 3 heterocycles. The van der Waals surface area contributed by atoms with E-state index in [0.29, 0.717) is 11.6 Å². The Morgan fingerprint density at radius 1 is 0.938 bits per heavy atom. The normalized spacial score (nSPS) is 17.7. The first-order valence-corrected chi connectivity index (χ1v) is 12.0. The highest BCUT2D eigenvalue weighted by atomic mass is 16.2. The second kappa shape index (κ2) is 9.29. The van der Waals surface area contributed by atoms with E-state index in [2.05, 4.69) is 36.1 Å². The molecule has 2 aliphatic rings. The van der Waals surface area contributed by atoms with Gasteiger partial charge in [0.15, 0.2) is 0 Å². The number of piperidine rings is 1. The first-order chi connectivity index (χ1) is 15.7. The third-order valence-electron chi connectivity index (χ3n) is 7.01. The number of para-hydroxylation sites is 1. The molecule has 0 saturated carbocycles. The van der Waals surface area contributed by atoms with Crippen LogP contribution in [0, 0.1) is 0 Å². The Morgan fingerprint density at radius 3 is 2.28 bits per heavy atom. The van der Waals surface area contributed by atoms with Crippen molar-refractivity contribution in [3.05, 3.63) is 71.9 Å². The Hall–Kier alpha value is -2.92. The van der Waals surface area contributed by atoms with Crippen molar-refractivity contribution in [1.82, 2.24) is 19.6 Å². The molecular weight excluding hydrogens is 396 g/mol. The van der Waals surface area contributed by atoms with Crippen LogP contribution in [0.15, 0.2) is 60.8 Å². The van der Waals surface area contributed by atoms with Crippen LogP contribution in [0.4, 0.5) is 0 Å². The van der Waals surface area contributed by atoms with E-state index in [1.165, 1.54) is 31.5 Å². The molecule has 0 aliphatic carbocycles.